The SMILES string of the molecule is N#Cc1cccc(-c2cccc(C(=O)Nc3nc4c(C(=O)CC5CCCCC5)cccc4[nH]3)n2)c1. The van der Waals surface area contributed by atoms with Crippen molar-refractivity contribution < 1.29 is 9.59 Å². The number of nitrogens with zero attached hydrogens (tertiary/aromatic N) is 3. The number of para-hydroxylation sites is 1. The number of ketones is 1. The Kier molecular flexibility index (Phi) is 6.36. The fraction of sp³-hybridized carbons (Fsp3) is 0.250. The lowest BCUT2D eigenvalue weighted by atomic mass is 9.84. The molecule has 2 aromatic carbocycles. The number of rotatable bonds is 6. The van der Waals surface area contributed by atoms with E-state index in [9.17, 15) is 9.59 Å². The van der Waals surface area contributed by atoms with E-state index in [1.165, 1.54) is 19.3 Å². The molecule has 35 heavy (non-hydrogen) atoms. The number of hydrogen-bond donors (Lipinski definition) is 2. The van der Waals surface area contributed by atoms with Crippen molar-refractivity contribution in [2.24, 2.45) is 5.92 Å². The number of pyridine rings is 1. The maximum absolute atomic E-state index is 13.0. The van der Waals surface area contributed by atoms with E-state index in [1.54, 1.807) is 42.5 Å². The molecule has 1 aliphatic rings. The number of nitriles is 1. The molecule has 2 N–H and O–H groups in total. The number of Topliss-reactive ketones (excluding diaryl/α,β-unsaturated/α-hetero) is 1. The number of aromatic nitrogens is 3. The van der Waals surface area contributed by atoms with Gasteiger partial charge in [-0.05, 0) is 42.3 Å². The summed E-state index contributed by atoms with van der Waals surface area (Å²) < 4.78 is 0. The minimum atomic E-state index is -0.419. The Balaban J connectivity index is 1.35. The van der Waals surface area contributed by atoms with Gasteiger partial charge in [0, 0.05) is 17.5 Å². The maximum Gasteiger partial charge on any atom is 0.276 e. The normalized spacial score (nSPS) is 13.9. The molecule has 1 amide bonds. The van der Waals surface area contributed by atoms with Crippen LogP contribution in [0.15, 0.2) is 60.7 Å². The van der Waals surface area contributed by atoms with Gasteiger partial charge in [0.2, 0.25) is 5.95 Å². The van der Waals surface area contributed by atoms with Crippen LogP contribution in [0.2, 0.25) is 0 Å². The largest absolute Gasteiger partial charge is 0.324 e. The second kappa shape index (κ2) is 9.90. The zero-order chi connectivity index (χ0) is 24.2. The van der Waals surface area contributed by atoms with E-state index in [0.29, 0.717) is 40.2 Å². The molecule has 7 heteroatoms. The summed E-state index contributed by atoms with van der Waals surface area (Å²) in [6.07, 6.45) is 6.40. The molecule has 1 saturated carbocycles. The second-order valence-electron chi connectivity index (χ2n) is 8.97. The average Bonchev–Trinajstić information content (AvgIpc) is 3.31. The number of H-pyrrole nitrogens is 1. The molecule has 7 nitrogen and oxygen atoms in total. The molecule has 0 bridgehead atoms. The molecule has 0 spiro atoms. The van der Waals surface area contributed by atoms with Crippen molar-refractivity contribution in [1.29, 1.82) is 5.26 Å². The summed E-state index contributed by atoms with van der Waals surface area (Å²) in [6.45, 7) is 0. The smallest absolute Gasteiger partial charge is 0.276 e. The topological polar surface area (TPSA) is 112 Å². The monoisotopic (exact) mass is 463 g/mol. The Morgan fingerprint density at radius 3 is 2.63 bits per heavy atom. The van der Waals surface area contributed by atoms with E-state index in [1.807, 2.05) is 18.2 Å². The molecular formula is C28H25N5O2. The van der Waals surface area contributed by atoms with Crippen LogP contribution in [0.25, 0.3) is 22.3 Å². The van der Waals surface area contributed by atoms with Crippen molar-refractivity contribution in [2.45, 2.75) is 38.5 Å². The lowest BCUT2D eigenvalue weighted by Crippen LogP contribution is -2.15. The van der Waals surface area contributed by atoms with Crippen molar-refractivity contribution in [3.8, 4) is 17.3 Å². The minimum absolute atomic E-state index is 0.0980. The lowest BCUT2D eigenvalue weighted by molar-refractivity contribution is 0.0951. The number of fused-ring (bicyclic) bond motifs is 1. The average molecular weight is 464 g/mol. The minimum Gasteiger partial charge on any atom is -0.324 e. The van der Waals surface area contributed by atoms with Gasteiger partial charge < -0.3 is 4.98 Å². The number of anilines is 1. The van der Waals surface area contributed by atoms with Gasteiger partial charge in [-0.1, -0.05) is 56.4 Å². The second-order valence-corrected chi connectivity index (χ2v) is 8.97. The van der Waals surface area contributed by atoms with E-state index < -0.39 is 5.91 Å². The first-order valence-corrected chi connectivity index (χ1v) is 11.9. The van der Waals surface area contributed by atoms with Crippen molar-refractivity contribution in [3.05, 3.63) is 77.5 Å². The van der Waals surface area contributed by atoms with Gasteiger partial charge in [-0.2, -0.15) is 5.26 Å². The van der Waals surface area contributed by atoms with Crippen molar-refractivity contribution in [1.82, 2.24) is 15.0 Å². The highest BCUT2D eigenvalue weighted by atomic mass is 16.2. The van der Waals surface area contributed by atoms with Crippen LogP contribution in [0, 0.1) is 17.2 Å². The fourth-order valence-corrected chi connectivity index (χ4v) is 4.72. The Labute approximate surface area is 203 Å². The number of benzene rings is 2. The highest BCUT2D eigenvalue weighted by molar-refractivity contribution is 6.08. The molecule has 2 aromatic heterocycles. The van der Waals surface area contributed by atoms with E-state index >= 15 is 0 Å². The predicted molar refractivity (Wildman–Crippen MR) is 134 cm³/mol. The van der Waals surface area contributed by atoms with Gasteiger partial charge in [-0.3, -0.25) is 14.9 Å². The number of hydrogen-bond acceptors (Lipinski definition) is 5. The molecule has 1 fully saturated rings. The summed E-state index contributed by atoms with van der Waals surface area (Å²) >= 11 is 0. The number of nitrogens with one attached hydrogen (secondary N) is 2. The molecule has 1 aliphatic carbocycles. The standard InChI is InChI=1S/C28H25N5O2/c29-17-19-9-4-10-20(15-19)22-12-6-14-24(30-22)27(35)33-28-31-23-13-5-11-21(26(23)32-28)25(34)16-18-7-2-1-3-8-18/h4-6,9-15,18H,1-3,7-8,16H2,(H2,31,32,33,35). The number of imidazole rings is 1. The number of carbonyl (C=O) groups excluding carboxylic acids is 2. The summed E-state index contributed by atoms with van der Waals surface area (Å²) in [6, 6.07) is 19.8. The van der Waals surface area contributed by atoms with Gasteiger partial charge in [-0.25, -0.2) is 9.97 Å². The zero-order valence-electron chi connectivity index (χ0n) is 19.3. The third-order valence-electron chi connectivity index (χ3n) is 6.51. The molecule has 4 aromatic rings. The molecule has 174 valence electrons. The van der Waals surface area contributed by atoms with Gasteiger partial charge in [0.05, 0.1) is 22.8 Å². The molecule has 0 unspecified atom stereocenters. The van der Waals surface area contributed by atoms with Crippen LogP contribution in [0.1, 0.15) is 64.9 Å². The summed E-state index contributed by atoms with van der Waals surface area (Å²) in [5.41, 5.74) is 3.94. The van der Waals surface area contributed by atoms with Gasteiger partial charge in [-0.15, -0.1) is 0 Å². The third-order valence-corrected chi connectivity index (χ3v) is 6.51. The number of aromatic amines is 1. The van der Waals surface area contributed by atoms with E-state index in [0.717, 1.165) is 18.4 Å². The van der Waals surface area contributed by atoms with Crippen LogP contribution < -0.4 is 5.32 Å². The van der Waals surface area contributed by atoms with Crippen LogP contribution >= 0.6 is 0 Å². The Morgan fingerprint density at radius 1 is 1.00 bits per heavy atom. The molecule has 0 aliphatic heterocycles. The van der Waals surface area contributed by atoms with Gasteiger partial charge in [0.1, 0.15) is 11.2 Å². The van der Waals surface area contributed by atoms with Crippen LogP contribution in [0.3, 0.4) is 0 Å². The van der Waals surface area contributed by atoms with E-state index in [2.05, 4.69) is 26.3 Å². The van der Waals surface area contributed by atoms with Crippen LogP contribution in [0.4, 0.5) is 5.95 Å². The fourth-order valence-electron chi connectivity index (χ4n) is 4.72. The Hall–Kier alpha value is -4.31. The summed E-state index contributed by atoms with van der Waals surface area (Å²) in [5, 5.41) is 11.9. The highest BCUT2D eigenvalue weighted by Gasteiger charge is 2.21. The number of carbonyl (C=O) groups is 2. The molecule has 0 atom stereocenters. The summed E-state index contributed by atoms with van der Waals surface area (Å²) in [4.78, 5) is 38.0. The van der Waals surface area contributed by atoms with Crippen LogP contribution in [-0.2, 0) is 0 Å². The van der Waals surface area contributed by atoms with Crippen LogP contribution in [0.5, 0.6) is 0 Å². The first kappa shape index (κ1) is 22.5. The van der Waals surface area contributed by atoms with Crippen molar-refractivity contribution in [3.63, 3.8) is 0 Å². The third kappa shape index (κ3) is 4.97. The van der Waals surface area contributed by atoms with Crippen molar-refractivity contribution >= 4 is 28.7 Å². The van der Waals surface area contributed by atoms with E-state index in [-0.39, 0.29) is 17.4 Å². The highest BCUT2D eigenvalue weighted by Crippen LogP contribution is 2.29. The first-order chi connectivity index (χ1) is 17.1. The summed E-state index contributed by atoms with van der Waals surface area (Å²) in [7, 11) is 0. The Morgan fingerprint density at radius 2 is 1.80 bits per heavy atom. The van der Waals surface area contributed by atoms with Gasteiger partial charge in [0.15, 0.2) is 5.78 Å². The van der Waals surface area contributed by atoms with Crippen molar-refractivity contribution in [2.75, 3.05) is 5.32 Å². The molecule has 2 heterocycles. The molecule has 0 radical (unpaired) electrons. The zero-order valence-corrected chi connectivity index (χ0v) is 19.3. The first-order valence-electron chi connectivity index (χ1n) is 11.9. The molecule has 0 saturated heterocycles. The lowest BCUT2D eigenvalue weighted by Gasteiger charge is -2.20. The van der Waals surface area contributed by atoms with Gasteiger partial charge >= 0.3 is 0 Å². The molecular weight excluding hydrogens is 438 g/mol. The van der Waals surface area contributed by atoms with Crippen LogP contribution in [-0.4, -0.2) is 26.6 Å². The Bertz CT molecular complexity index is 1440. The summed E-state index contributed by atoms with van der Waals surface area (Å²) in [5.74, 6) is 0.386. The van der Waals surface area contributed by atoms with E-state index in [4.69, 9.17) is 5.26 Å². The predicted octanol–water partition coefficient (Wildman–Crippen LogP) is 5.90. The van der Waals surface area contributed by atoms with Gasteiger partial charge in [0.25, 0.3) is 5.91 Å². The number of amides is 1. The quantitative estimate of drug-likeness (QED) is 0.346. The maximum atomic E-state index is 13.0. The molecule has 5 rings (SSSR count).